The largest absolute Gasteiger partial charge is 0.472 e. The highest BCUT2D eigenvalue weighted by Crippen LogP contribution is 2.43. The van der Waals surface area contributed by atoms with Gasteiger partial charge in [0.25, 0.3) is 0 Å². The Bertz CT molecular complexity index is 1260. The van der Waals surface area contributed by atoms with Crippen LogP contribution in [0.5, 0.6) is 0 Å². The maximum atomic E-state index is 12.6. The Labute approximate surface area is 406 Å². The number of ether oxygens (including phenoxy) is 2. The standard InChI is InChI=1S/C56H102NO8P/c1-3-5-7-9-11-13-15-16-17-18-19-20-21-22-23-24-25-26-27-28-29-30-31-32-33-34-35-36-37-38-39-41-43-45-47-49-56(59)65-54(53-64-66(60,61)63-51-50-57)52-62-55(58)48-46-44-42-40-14-12-10-8-6-4-2/h5,7-8,10-11,13,16-17,19-20,54H,3-4,6,9,12,14-15,18,21-53,57H2,1-2H3,(H,60,61)/b7-5-,10-8-,13-11-,17-16-,20-19-. The van der Waals surface area contributed by atoms with Gasteiger partial charge in [0.05, 0.1) is 13.2 Å². The monoisotopic (exact) mass is 948 g/mol. The maximum absolute atomic E-state index is 12.6. The van der Waals surface area contributed by atoms with Crippen LogP contribution in [0.2, 0.25) is 0 Å². The van der Waals surface area contributed by atoms with Crippen molar-refractivity contribution in [2.45, 2.75) is 258 Å². The summed E-state index contributed by atoms with van der Waals surface area (Å²) in [6.45, 7) is 3.57. The molecular formula is C56H102NO8P. The summed E-state index contributed by atoms with van der Waals surface area (Å²) < 4.78 is 32.8. The average Bonchev–Trinajstić information content (AvgIpc) is 3.31. The lowest BCUT2D eigenvalue weighted by Crippen LogP contribution is -2.29. The summed E-state index contributed by atoms with van der Waals surface area (Å²) in [5, 5.41) is 0. The maximum Gasteiger partial charge on any atom is 0.472 e. The molecule has 384 valence electrons. The Hall–Kier alpha value is -2.29. The van der Waals surface area contributed by atoms with Gasteiger partial charge in [-0.1, -0.05) is 229 Å². The molecule has 2 atom stereocenters. The summed E-state index contributed by atoms with van der Waals surface area (Å²) in [6.07, 6.45) is 64.5. The van der Waals surface area contributed by atoms with Crippen molar-refractivity contribution >= 4 is 19.8 Å². The molecule has 0 fully saturated rings. The predicted octanol–water partition coefficient (Wildman–Crippen LogP) is 16.8. The molecule has 0 aromatic heterocycles. The molecule has 0 aliphatic carbocycles. The highest BCUT2D eigenvalue weighted by Gasteiger charge is 2.26. The summed E-state index contributed by atoms with van der Waals surface area (Å²) in [5.74, 6) is -0.834. The van der Waals surface area contributed by atoms with Gasteiger partial charge in [0.15, 0.2) is 6.10 Å². The zero-order valence-electron chi connectivity index (χ0n) is 42.7. The van der Waals surface area contributed by atoms with Gasteiger partial charge >= 0.3 is 19.8 Å². The van der Waals surface area contributed by atoms with Crippen LogP contribution in [0.3, 0.4) is 0 Å². The summed E-state index contributed by atoms with van der Waals surface area (Å²) in [5.41, 5.74) is 5.36. The van der Waals surface area contributed by atoms with Crippen LogP contribution in [0.15, 0.2) is 60.8 Å². The van der Waals surface area contributed by atoms with Crippen molar-refractivity contribution in [3.63, 3.8) is 0 Å². The highest BCUT2D eigenvalue weighted by molar-refractivity contribution is 7.47. The lowest BCUT2D eigenvalue weighted by Gasteiger charge is -2.19. The third-order valence-corrected chi connectivity index (χ3v) is 12.6. The quantitative estimate of drug-likeness (QED) is 0.0264. The Balaban J connectivity index is 3.78. The lowest BCUT2D eigenvalue weighted by atomic mass is 10.0. The van der Waals surface area contributed by atoms with E-state index in [0.29, 0.717) is 6.42 Å². The van der Waals surface area contributed by atoms with Gasteiger partial charge in [-0.25, -0.2) is 4.57 Å². The molecule has 0 saturated heterocycles. The molecule has 9 nitrogen and oxygen atoms in total. The fraction of sp³-hybridized carbons (Fsp3) is 0.786. The smallest absolute Gasteiger partial charge is 0.462 e. The number of carbonyl (C=O) groups excluding carboxylic acids is 2. The number of nitrogens with two attached hydrogens (primary N) is 1. The summed E-state index contributed by atoms with van der Waals surface area (Å²) in [7, 11) is -4.38. The van der Waals surface area contributed by atoms with Crippen molar-refractivity contribution in [1.29, 1.82) is 0 Å². The molecule has 66 heavy (non-hydrogen) atoms. The van der Waals surface area contributed by atoms with Crippen LogP contribution in [-0.2, 0) is 32.7 Å². The molecule has 0 spiro atoms. The third-order valence-electron chi connectivity index (χ3n) is 11.6. The summed E-state index contributed by atoms with van der Waals surface area (Å²) in [6, 6.07) is 0. The molecule has 10 heteroatoms. The van der Waals surface area contributed by atoms with Crippen LogP contribution in [0.1, 0.15) is 251 Å². The number of hydrogen-bond acceptors (Lipinski definition) is 8. The van der Waals surface area contributed by atoms with E-state index in [0.717, 1.165) is 83.5 Å². The molecule has 0 rings (SSSR count). The van der Waals surface area contributed by atoms with E-state index in [-0.39, 0.29) is 32.6 Å². The number of hydrogen-bond donors (Lipinski definition) is 2. The highest BCUT2D eigenvalue weighted by atomic mass is 31.2. The zero-order valence-corrected chi connectivity index (χ0v) is 43.6. The first-order chi connectivity index (χ1) is 32.3. The third kappa shape index (κ3) is 51.1. The Morgan fingerprint density at radius 2 is 0.833 bits per heavy atom. The number of esters is 2. The fourth-order valence-corrected chi connectivity index (χ4v) is 8.40. The summed E-state index contributed by atoms with van der Waals surface area (Å²) in [4.78, 5) is 34.9. The van der Waals surface area contributed by atoms with E-state index in [2.05, 4.69) is 74.6 Å². The van der Waals surface area contributed by atoms with E-state index in [1.807, 2.05) is 0 Å². The number of unbranched alkanes of at least 4 members (excludes halogenated alkanes) is 28. The van der Waals surface area contributed by atoms with Gasteiger partial charge in [-0.3, -0.25) is 18.6 Å². The molecule has 0 radical (unpaired) electrons. The number of phosphoric acid groups is 1. The number of rotatable bonds is 51. The van der Waals surface area contributed by atoms with Gasteiger partial charge in [-0.2, -0.15) is 0 Å². The SMILES string of the molecule is CC/C=C\C/C=C\C/C=C\C/C=C\CCCCCCCCCCCCCCCCCCCCCCCCC(=O)OC(COC(=O)CCCCCCC/C=C\CCC)COP(=O)(O)OCCN. The van der Waals surface area contributed by atoms with Gasteiger partial charge in [0, 0.05) is 19.4 Å². The number of phosphoric ester groups is 1. The minimum absolute atomic E-state index is 0.0526. The topological polar surface area (TPSA) is 134 Å². The van der Waals surface area contributed by atoms with E-state index >= 15 is 0 Å². The molecule has 2 unspecified atom stereocenters. The van der Waals surface area contributed by atoms with E-state index in [4.69, 9.17) is 24.3 Å². The van der Waals surface area contributed by atoms with Gasteiger partial charge in [0.2, 0.25) is 0 Å². The van der Waals surface area contributed by atoms with E-state index in [1.165, 1.54) is 135 Å². The van der Waals surface area contributed by atoms with Gasteiger partial charge in [0.1, 0.15) is 6.61 Å². The fourth-order valence-electron chi connectivity index (χ4n) is 7.63. The van der Waals surface area contributed by atoms with Crippen molar-refractivity contribution in [3.05, 3.63) is 60.8 Å². The van der Waals surface area contributed by atoms with Gasteiger partial charge in [-0.15, -0.1) is 0 Å². The van der Waals surface area contributed by atoms with Crippen molar-refractivity contribution in [2.24, 2.45) is 5.73 Å². The molecule has 0 aromatic carbocycles. The molecule has 0 amide bonds. The van der Waals surface area contributed by atoms with Crippen molar-refractivity contribution in [1.82, 2.24) is 0 Å². The first kappa shape index (κ1) is 63.7. The second kappa shape index (κ2) is 52.1. The average molecular weight is 948 g/mol. The second-order valence-corrected chi connectivity index (χ2v) is 19.5. The summed E-state index contributed by atoms with van der Waals surface area (Å²) >= 11 is 0. The Kier molecular flexibility index (Phi) is 50.3. The Morgan fingerprint density at radius 1 is 0.470 bits per heavy atom. The van der Waals surface area contributed by atoms with Crippen molar-refractivity contribution in [3.8, 4) is 0 Å². The lowest BCUT2D eigenvalue weighted by molar-refractivity contribution is -0.161. The molecule has 0 aromatic rings. The molecule has 0 aliphatic rings. The van der Waals surface area contributed by atoms with Crippen LogP contribution >= 0.6 is 7.82 Å². The zero-order chi connectivity index (χ0) is 48.1. The van der Waals surface area contributed by atoms with Crippen LogP contribution in [0, 0.1) is 0 Å². The first-order valence-corrected chi connectivity index (χ1v) is 28.8. The van der Waals surface area contributed by atoms with Crippen LogP contribution in [-0.4, -0.2) is 49.3 Å². The van der Waals surface area contributed by atoms with Crippen molar-refractivity contribution in [2.75, 3.05) is 26.4 Å². The number of allylic oxidation sites excluding steroid dienone is 10. The second-order valence-electron chi connectivity index (χ2n) is 18.1. The molecule has 0 saturated carbocycles. The minimum atomic E-state index is -4.38. The van der Waals surface area contributed by atoms with E-state index in [1.54, 1.807) is 0 Å². The molecule has 0 bridgehead atoms. The molecule has 0 heterocycles. The van der Waals surface area contributed by atoms with Gasteiger partial charge < -0.3 is 20.1 Å². The van der Waals surface area contributed by atoms with E-state index in [9.17, 15) is 19.0 Å². The van der Waals surface area contributed by atoms with E-state index < -0.39 is 32.5 Å². The molecule has 3 N–H and O–H groups in total. The van der Waals surface area contributed by atoms with Crippen LogP contribution in [0.4, 0.5) is 0 Å². The predicted molar refractivity (Wildman–Crippen MR) is 279 cm³/mol. The Morgan fingerprint density at radius 3 is 1.26 bits per heavy atom. The van der Waals surface area contributed by atoms with Gasteiger partial charge in [-0.05, 0) is 70.6 Å². The molecular weight excluding hydrogens is 846 g/mol. The minimum Gasteiger partial charge on any atom is -0.462 e. The van der Waals surface area contributed by atoms with Crippen LogP contribution < -0.4 is 5.73 Å². The number of carbonyl (C=O) groups is 2. The first-order valence-electron chi connectivity index (χ1n) is 27.3. The normalized spacial score (nSPS) is 13.6. The van der Waals surface area contributed by atoms with Crippen molar-refractivity contribution < 1.29 is 37.6 Å². The molecule has 0 aliphatic heterocycles. The van der Waals surface area contributed by atoms with Crippen LogP contribution in [0.25, 0.3) is 0 Å².